The lowest BCUT2D eigenvalue weighted by Crippen LogP contribution is -2.50. The predicted octanol–water partition coefficient (Wildman–Crippen LogP) is 4.44. The highest BCUT2D eigenvalue weighted by Gasteiger charge is 2.22. The number of anilines is 2. The molecule has 0 spiro atoms. The van der Waals surface area contributed by atoms with Gasteiger partial charge in [0, 0.05) is 43.0 Å². The number of benzene rings is 3. The summed E-state index contributed by atoms with van der Waals surface area (Å²) in [6.07, 6.45) is 0. The minimum absolute atomic E-state index is 0.109. The number of nitrogens with one attached hydrogen (secondary N) is 2. The summed E-state index contributed by atoms with van der Waals surface area (Å²) in [6.45, 7) is 3.29. The van der Waals surface area contributed by atoms with E-state index in [2.05, 4.69) is 20.4 Å². The first-order valence-electron chi connectivity index (χ1n) is 11.8. The van der Waals surface area contributed by atoms with Crippen LogP contribution < -0.4 is 15.4 Å². The summed E-state index contributed by atoms with van der Waals surface area (Å²) in [4.78, 5) is 29.4. The van der Waals surface area contributed by atoms with Gasteiger partial charge < -0.3 is 19.8 Å². The minimum atomic E-state index is -0.131. The monoisotopic (exact) mass is 506 g/mol. The second-order valence-corrected chi connectivity index (χ2v) is 9.18. The number of para-hydroxylation sites is 2. The molecule has 5 rings (SSSR count). The Labute approximate surface area is 213 Å². The molecule has 2 N–H and O–H groups in total. The van der Waals surface area contributed by atoms with E-state index in [4.69, 9.17) is 20.8 Å². The molecule has 8 nitrogen and oxygen atoms in total. The third-order valence-electron chi connectivity index (χ3n) is 6.32. The van der Waals surface area contributed by atoms with Crippen molar-refractivity contribution in [2.45, 2.75) is 0 Å². The van der Waals surface area contributed by atoms with Gasteiger partial charge in [0.15, 0.2) is 0 Å². The number of furan rings is 1. The van der Waals surface area contributed by atoms with Crippen LogP contribution in [-0.4, -0.2) is 68.0 Å². The molecule has 1 aliphatic rings. The van der Waals surface area contributed by atoms with Crippen LogP contribution in [0.25, 0.3) is 21.9 Å². The number of carbonyl (C=O) groups excluding carboxylic acids is 2. The maximum absolute atomic E-state index is 12.8. The van der Waals surface area contributed by atoms with Crippen molar-refractivity contribution in [1.82, 2.24) is 9.80 Å². The predicted molar refractivity (Wildman–Crippen MR) is 142 cm³/mol. The topological polar surface area (TPSA) is 87.0 Å². The number of halogens is 1. The number of hydrogen-bond acceptors (Lipinski definition) is 6. The fraction of sp³-hybridized carbons (Fsp3) is 0.259. The van der Waals surface area contributed by atoms with Crippen molar-refractivity contribution in [3.63, 3.8) is 0 Å². The van der Waals surface area contributed by atoms with Crippen LogP contribution in [0.1, 0.15) is 0 Å². The van der Waals surface area contributed by atoms with Crippen LogP contribution in [0, 0.1) is 0 Å². The highest BCUT2D eigenvalue weighted by atomic mass is 35.5. The van der Waals surface area contributed by atoms with Crippen LogP contribution in [0.4, 0.5) is 11.4 Å². The molecular formula is C27H27ClN4O4. The Hall–Kier alpha value is -3.59. The number of nitrogens with zero attached hydrogens (tertiary/aromatic N) is 2. The summed E-state index contributed by atoms with van der Waals surface area (Å²) in [5, 5.41) is 8.27. The van der Waals surface area contributed by atoms with Crippen LogP contribution in [0.15, 0.2) is 65.1 Å². The molecule has 0 bridgehead atoms. The zero-order chi connectivity index (χ0) is 25.1. The molecule has 3 aromatic carbocycles. The lowest BCUT2D eigenvalue weighted by Gasteiger charge is -2.33. The molecule has 1 fully saturated rings. The first-order valence-corrected chi connectivity index (χ1v) is 12.2. The van der Waals surface area contributed by atoms with Gasteiger partial charge in [0.2, 0.25) is 11.8 Å². The zero-order valence-corrected chi connectivity index (χ0v) is 20.7. The number of hydrogen-bond donors (Lipinski definition) is 2. The molecule has 186 valence electrons. The van der Waals surface area contributed by atoms with Crippen LogP contribution >= 0.6 is 11.6 Å². The van der Waals surface area contributed by atoms with Gasteiger partial charge in [-0.25, -0.2) is 0 Å². The van der Waals surface area contributed by atoms with E-state index in [1.807, 2.05) is 48.5 Å². The van der Waals surface area contributed by atoms with Gasteiger partial charge >= 0.3 is 0 Å². The van der Waals surface area contributed by atoms with E-state index in [1.165, 1.54) is 0 Å². The SMILES string of the molecule is COc1cc2c(cc1NC(=O)CN1CCN(CC(=O)Nc3ccccc3Cl)CC1)oc1ccccc12. The molecule has 0 radical (unpaired) electrons. The lowest BCUT2D eigenvalue weighted by molar-refractivity contribution is -0.120. The van der Waals surface area contributed by atoms with Crippen molar-refractivity contribution >= 4 is 56.7 Å². The number of methoxy groups -OCH3 is 1. The maximum atomic E-state index is 12.8. The van der Waals surface area contributed by atoms with Crippen molar-refractivity contribution in [1.29, 1.82) is 0 Å². The number of ether oxygens (including phenoxy) is 1. The van der Waals surface area contributed by atoms with E-state index in [1.54, 1.807) is 19.2 Å². The summed E-state index contributed by atoms with van der Waals surface area (Å²) >= 11 is 6.12. The summed E-state index contributed by atoms with van der Waals surface area (Å²) in [5.74, 6) is 0.341. The molecule has 0 unspecified atom stereocenters. The van der Waals surface area contributed by atoms with E-state index in [0.717, 1.165) is 16.4 Å². The smallest absolute Gasteiger partial charge is 0.238 e. The first-order chi connectivity index (χ1) is 17.5. The van der Waals surface area contributed by atoms with Crippen LogP contribution in [0.2, 0.25) is 5.02 Å². The third kappa shape index (κ3) is 5.31. The average molecular weight is 507 g/mol. The molecule has 0 aliphatic carbocycles. The number of piperazine rings is 1. The normalized spacial score (nSPS) is 14.7. The van der Waals surface area contributed by atoms with Crippen molar-refractivity contribution in [3.05, 3.63) is 65.7 Å². The van der Waals surface area contributed by atoms with Crippen LogP contribution in [0.5, 0.6) is 5.75 Å². The van der Waals surface area contributed by atoms with Crippen molar-refractivity contribution in [3.8, 4) is 5.75 Å². The molecule has 0 atom stereocenters. The van der Waals surface area contributed by atoms with Gasteiger partial charge in [-0.3, -0.25) is 19.4 Å². The van der Waals surface area contributed by atoms with Gasteiger partial charge in [-0.05, 0) is 24.3 Å². The van der Waals surface area contributed by atoms with Crippen molar-refractivity contribution in [2.75, 3.05) is 57.0 Å². The second-order valence-electron chi connectivity index (χ2n) is 8.78. The summed E-state index contributed by atoms with van der Waals surface area (Å²) in [7, 11) is 1.58. The number of amides is 2. The summed E-state index contributed by atoms with van der Waals surface area (Å²) < 4.78 is 11.5. The number of carbonyl (C=O) groups is 2. The Kier molecular flexibility index (Phi) is 7.09. The number of rotatable bonds is 7. The molecule has 9 heteroatoms. The maximum Gasteiger partial charge on any atom is 0.238 e. The molecule has 36 heavy (non-hydrogen) atoms. The second kappa shape index (κ2) is 10.6. The fourth-order valence-corrected chi connectivity index (χ4v) is 4.65. The summed E-state index contributed by atoms with van der Waals surface area (Å²) in [5.41, 5.74) is 2.66. The highest BCUT2D eigenvalue weighted by Crippen LogP contribution is 2.36. The van der Waals surface area contributed by atoms with E-state index >= 15 is 0 Å². The highest BCUT2D eigenvalue weighted by molar-refractivity contribution is 6.33. The van der Waals surface area contributed by atoms with Gasteiger partial charge in [0.05, 0.1) is 36.6 Å². The molecule has 1 aromatic heterocycles. The Morgan fingerprint density at radius 1 is 0.833 bits per heavy atom. The Morgan fingerprint density at radius 2 is 1.44 bits per heavy atom. The van der Waals surface area contributed by atoms with Crippen molar-refractivity contribution < 1.29 is 18.7 Å². The molecule has 2 amide bonds. The molecule has 4 aromatic rings. The Bertz CT molecular complexity index is 1410. The van der Waals surface area contributed by atoms with E-state index < -0.39 is 0 Å². The van der Waals surface area contributed by atoms with Gasteiger partial charge in [0.1, 0.15) is 16.9 Å². The first kappa shape index (κ1) is 24.1. The minimum Gasteiger partial charge on any atom is -0.495 e. The summed E-state index contributed by atoms with van der Waals surface area (Å²) in [6, 6.07) is 18.7. The van der Waals surface area contributed by atoms with Gasteiger partial charge in [-0.2, -0.15) is 0 Å². The van der Waals surface area contributed by atoms with E-state index in [9.17, 15) is 9.59 Å². The molecule has 2 heterocycles. The molecule has 1 aliphatic heterocycles. The molecular weight excluding hydrogens is 480 g/mol. The van der Waals surface area contributed by atoms with Gasteiger partial charge in [-0.15, -0.1) is 0 Å². The van der Waals surface area contributed by atoms with Gasteiger partial charge in [-0.1, -0.05) is 41.9 Å². The van der Waals surface area contributed by atoms with Crippen molar-refractivity contribution in [2.24, 2.45) is 0 Å². The Balaban J connectivity index is 1.15. The van der Waals surface area contributed by atoms with Crippen LogP contribution in [0.3, 0.4) is 0 Å². The Morgan fingerprint density at radius 3 is 2.11 bits per heavy atom. The standard InChI is InChI=1S/C27H27ClN4O4/c1-35-25-14-19-18-6-2-5-9-23(18)36-24(19)15-22(25)30-27(34)17-32-12-10-31(11-13-32)16-26(33)29-21-8-4-3-7-20(21)28/h2-9,14-15H,10-13,16-17H2,1H3,(H,29,33)(H,30,34). The fourth-order valence-electron chi connectivity index (χ4n) is 4.47. The number of fused-ring (bicyclic) bond motifs is 3. The average Bonchev–Trinajstić information content (AvgIpc) is 3.23. The molecule has 1 saturated heterocycles. The lowest BCUT2D eigenvalue weighted by atomic mass is 10.1. The third-order valence-corrected chi connectivity index (χ3v) is 6.65. The largest absolute Gasteiger partial charge is 0.495 e. The molecule has 0 saturated carbocycles. The quantitative estimate of drug-likeness (QED) is 0.385. The van der Waals surface area contributed by atoms with Crippen LogP contribution in [-0.2, 0) is 9.59 Å². The van der Waals surface area contributed by atoms with Gasteiger partial charge in [0.25, 0.3) is 0 Å². The van der Waals surface area contributed by atoms with E-state index in [0.29, 0.717) is 53.9 Å². The van der Waals surface area contributed by atoms with E-state index in [-0.39, 0.29) is 24.9 Å². The zero-order valence-electron chi connectivity index (χ0n) is 19.9.